The van der Waals surface area contributed by atoms with Crippen molar-refractivity contribution in [3.63, 3.8) is 0 Å². The number of aromatic nitrogens is 2. The van der Waals surface area contributed by atoms with Gasteiger partial charge in [-0.25, -0.2) is 0 Å². The molecule has 3 aromatic rings. The average Bonchev–Trinajstić information content (AvgIpc) is 2.50. The molecule has 3 rings (SSSR count). The lowest BCUT2D eigenvalue weighted by molar-refractivity contribution is -1.30. The molecule has 1 aromatic carbocycles. The normalized spacial score (nSPS) is 9.33. The Morgan fingerprint density at radius 3 is 1.90 bits per heavy atom. The molecule has 0 fully saturated rings. The summed E-state index contributed by atoms with van der Waals surface area (Å²) in [4.78, 5) is 0. The minimum atomic E-state index is 0. The fourth-order valence-electron chi connectivity index (χ4n) is 2.17. The van der Waals surface area contributed by atoms with Crippen LogP contribution in [-0.4, -0.2) is 0 Å². The van der Waals surface area contributed by atoms with Crippen LogP contribution >= 0.6 is 0 Å². The molecule has 0 saturated carbocycles. The molecule has 0 aliphatic carbocycles. The van der Waals surface area contributed by atoms with E-state index in [9.17, 15) is 0 Å². The number of hydrogen-bond donors (Lipinski definition) is 0. The van der Waals surface area contributed by atoms with E-state index in [1.165, 1.54) is 11.3 Å². The van der Waals surface area contributed by atoms with Crippen molar-refractivity contribution in [2.45, 2.75) is 6.42 Å². The summed E-state index contributed by atoms with van der Waals surface area (Å²) in [5.74, 6) is 0. The number of halogens is 2. The highest BCUT2D eigenvalue weighted by Crippen LogP contribution is 2.04. The second-order valence-electron chi connectivity index (χ2n) is 4.45. The molecule has 0 atom stereocenters. The third-order valence-corrected chi connectivity index (χ3v) is 3.10. The van der Waals surface area contributed by atoms with E-state index in [4.69, 9.17) is 0 Å². The van der Waals surface area contributed by atoms with Gasteiger partial charge in [0.05, 0.1) is 15.8 Å². The van der Waals surface area contributed by atoms with Crippen LogP contribution in [0.15, 0.2) is 85.3 Å². The van der Waals surface area contributed by atoms with Crippen molar-refractivity contribution < 1.29 is 43.3 Å². The first-order valence-corrected chi connectivity index (χ1v) is 6.44. The second-order valence-corrected chi connectivity index (χ2v) is 4.45. The number of pyridine rings is 2. The molecule has 0 N–H and O–H groups in total. The van der Waals surface area contributed by atoms with Crippen molar-refractivity contribution >= 4 is 0 Å². The Morgan fingerprint density at radius 1 is 0.619 bits per heavy atom. The summed E-state index contributed by atoms with van der Waals surface area (Å²) in [6.07, 6.45) is 7.10. The third-order valence-electron chi connectivity index (χ3n) is 3.10. The molecule has 108 valence electrons. The first-order valence-electron chi connectivity index (χ1n) is 6.44. The predicted molar refractivity (Wildman–Crippen MR) is 73.3 cm³/mol. The number of benzene rings is 1. The van der Waals surface area contributed by atoms with E-state index in [2.05, 4.69) is 76.5 Å². The van der Waals surface area contributed by atoms with Gasteiger partial charge in [-0.1, -0.05) is 30.3 Å². The van der Waals surface area contributed by atoms with Crippen molar-refractivity contribution in [2.75, 3.05) is 0 Å². The Labute approximate surface area is 146 Å². The van der Waals surface area contributed by atoms with Gasteiger partial charge in [0, 0.05) is 24.3 Å². The Hall–Kier alpha value is -1.52. The van der Waals surface area contributed by atoms with Gasteiger partial charge in [-0.05, 0) is 17.7 Å². The van der Waals surface area contributed by atoms with Gasteiger partial charge in [0.25, 0.3) is 5.69 Å². The zero-order valence-corrected chi connectivity index (χ0v) is 14.6. The molecular formula is C17H16Br2N2. The molecule has 4 heteroatoms. The lowest BCUT2D eigenvalue weighted by Crippen LogP contribution is -3.00. The summed E-state index contributed by atoms with van der Waals surface area (Å²) in [7, 11) is 0. The monoisotopic (exact) mass is 406 g/mol. The maximum atomic E-state index is 2.16. The molecule has 0 aliphatic heterocycles. The summed E-state index contributed by atoms with van der Waals surface area (Å²) in [6.45, 7) is 0. The largest absolute Gasteiger partial charge is 1.00 e. The Morgan fingerprint density at radius 2 is 1.19 bits per heavy atom. The summed E-state index contributed by atoms with van der Waals surface area (Å²) in [5.41, 5.74) is 2.57. The van der Waals surface area contributed by atoms with Crippen molar-refractivity contribution in [3.05, 3.63) is 96.6 Å². The van der Waals surface area contributed by atoms with Crippen LogP contribution in [0.4, 0.5) is 0 Å². The quantitative estimate of drug-likeness (QED) is 0.393. The maximum absolute atomic E-state index is 2.16. The zero-order valence-electron chi connectivity index (χ0n) is 11.4. The topological polar surface area (TPSA) is 7.76 Å². The smallest absolute Gasteiger partial charge is 0.258 e. The maximum Gasteiger partial charge on any atom is 0.258 e. The molecule has 0 amide bonds. The lowest BCUT2D eigenvalue weighted by atomic mass is 10.1. The fraction of sp³-hybridized carbons (Fsp3) is 0.0588. The van der Waals surface area contributed by atoms with Crippen LogP contribution in [0.5, 0.6) is 0 Å². The highest BCUT2D eigenvalue weighted by molar-refractivity contribution is 5.19. The summed E-state index contributed by atoms with van der Waals surface area (Å²) < 4.78 is 4.24. The Balaban J connectivity index is 0.00000110. The van der Waals surface area contributed by atoms with Crippen molar-refractivity contribution in [1.82, 2.24) is 0 Å². The third kappa shape index (κ3) is 4.48. The van der Waals surface area contributed by atoms with Crippen molar-refractivity contribution in [3.8, 4) is 0 Å². The number of hydrogen-bond acceptors (Lipinski definition) is 0. The SMILES string of the molecule is [Br-].[Br-].c1ccc(Cc2cccc[n+]2-[n+]2ccccc2)cc1. The summed E-state index contributed by atoms with van der Waals surface area (Å²) >= 11 is 0. The summed E-state index contributed by atoms with van der Waals surface area (Å²) in [6, 6.07) is 22.9. The summed E-state index contributed by atoms with van der Waals surface area (Å²) in [5, 5.41) is 0. The Bertz CT molecular complexity index is 658. The highest BCUT2D eigenvalue weighted by atomic mass is 79.9. The van der Waals surface area contributed by atoms with E-state index in [1.54, 1.807) is 0 Å². The van der Waals surface area contributed by atoms with Crippen LogP contribution in [0.2, 0.25) is 0 Å². The molecular weight excluding hydrogens is 392 g/mol. The van der Waals surface area contributed by atoms with Crippen molar-refractivity contribution in [2.24, 2.45) is 0 Å². The Kier molecular flexibility index (Phi) is 7.26. The van der Waals surface area contributed by atoms with Gasteiger partial charge in [-0.2, -0.15) is 0 Å². The standard InChI is InChI=1S/C17H16N2.2BrH/c1-3-9-16(10-4-1)15-17-11-5-8-14-19(17)18-12-6-2-7-13-18;;/h1-14H,15H2;2*1H/q+2;;/p-2. The van der Waals surface area contributed by atoms with Crippen molar-refractivity contribution in [1.29, 1.82) is 0 Å². The van der Waals surface area contributed by atoms with Crippen LogP contribution in [0.25, 0.3) is 0 Å². The van der Waals surface area contributed by atoms with E-state index in [-0.39, 0.29) is 34.0 Å². The molecule has 2 nitrogen and oxygen atoms in total. The van der Waals surface area contributed by atoms with Gasteiger partial charge < -0.3 is 34.0 Å². The van der Waals surface area contributed by atoms with E-state index >= 15 is 0 Å². The van der Waals surface area contributed by atoms with Crippen LogP contribution in [0, 0.1) is 0 Å². The van der Waals surface area contributed by atoms with Crippen LogP contribution in [0.3, 0.4) is 0 Å². The minimum absolute atomic E-state index is 0. The number of nitrogens with zero attached hydrogens (tertiary/aromatic N) is 2. The van der Waals surface area contributed by atoms with E-state index in [0.29, 0.717) is 0 Å². The minimum Gasteiger partial charge on any atom is -1.00 e. The highest BCUT2D eigenvalue weighted by Gasteiger charge is 2.18. The zero-order chi connectivity index (χ0) is 12.9. The molecule has 0 unspecified atom stereocenters. The first kappa shape index (κ1) is 17.5. The van der Waals surface area contributed by atoms with Crippen LogP contribution in [0.1, 0.15) is 11.3 Å². The molecule has 0 saturated heterocycles. The molecule has 2 heterocycles. The van der Waals surface area contributed by atoms with Gasteiger partial charge in [0.15, 0.2) is 0 Å². The number of rotatable bonds is 3. The first-order chi connectivity index (χ1) is 9.43. The van der Waals surface area contributed by atoms with Crippen LogP contribution < -0.4 is 43.3 Å². The van der Waals surface area contributed by atoms with Gasteiger partial charge >= 0.3 is 0 Å². The molecule has 0 spiro atoms. The van der Waals surface area contributed by atoms with Gasteiger partial charge in [0.2, 0.25) is 18.6 Å². The molecule has 0 aliphatic rings. The second kappa shape index (κ2) is 8.70. The molecule has 0 bridgehead atoms. The van der Waals surface area contributed by atoms with E-state index in [1.807, 2.05) is 18.2 Å². The van der Waals surface area contributed by atoms with E-state index < -0.39 is 0 Å². The average molecular weight is 408 g/mol. The van der Waals surface area contributed by atoms with Gasteiger partial charge in [0.1, 0.15) is 0 Å². The predicted octanol–water partition coefficient (Wildman–Crippen LogP) is -3.83. The fourth-order valence-corrected chi connectivity index (χ4v) is 2.17. The molecule has 21 heavy (non-hydrogen) atoms. The van der Waals surface area contributed by atoms with Gasteiger partial charge in [-0.3, -0.25) is 0 Å². The van der Waals surface area contributed by atoms with E-state index in [0.717, 1.165) is 6.42 Å². The van der Waals surface area contributed by atoms with Crippen LogP contribution in [-0.2, 0) is 6.42 Å². The van der Waals surface area contributed by atoms with Gasteiger partial charge in [-0.15, -0.1) is 0 Å². The lowest BCUT2D eigenvalue weighted by Gasteiger charge is -1.98. The molecule has 2 aromatic heterocycles. The molecule has 0 radical (unpaired) electrons.